The van der Waals surface area contributed by atoms with E-state index in [1.807, 2.05) is 29.2 Å². The molecule has 0 unspecified atom stereocenters. The lowest BCUT2D eigenvalue weighted by molar-refractivity contribution is -0.141. The van der Waals surface area contributed by atoms with Crippen molar-refractivity contribution >= 4 is 35.2 Å². The van der Waals surface area contributed by atoms with E-state index in [-0.39, 0.29) is 24.2 Å². The third kappa shape index (κ3) is 5.26. The van der Waals surface area contributed by atoms with Crippen molar-refractivity contribution < 1.29 is 14.3 Å². The Morgan fingerprint density at radius 1 is 1.00 bits per heavy atom. The molecular formula is C20H20ClNO3S. The number of hydrogen-bond acceptors (Lipinski definition) is 4. The summed E-state index contributed by atoms with van der Waals surface area (Å²) in [5.74, 6) is 0.0419. The highest BCUT2D eigenvalue weighted by Crippen LogP contribution is 2.20. The number of halogens is 1. The molecule has 1 saturated heterocycles. The predicted octanol–water partition coefficient (Wildman–Crippen LogP) is 4.41. The van der Waals surface area contributed by atoms with Gasteiger partial charge in [-0.1, -0.05) is 23.7 Å². The van der Waals surface area contributed by atoms with Gasteiger partial charge in [0, 0.05) is 28.6 Å². The molecule has 0 atom stereocenters. The van der Waals surface area contributed by atoms with Crippen molar-refractivity contribution in [2.75, 3.05) is 18.8 Å². The standard InChI is InChI=1S/C20H20ClNO3S/c21-17-7-9-18(10-8-17)26-14-19(23)25-13-15-3-5-16(6-4-15)20(24)22-11-1-2-12-22/h3-10H,1-2,11-14H2. The van der Waals surface area contributed by atoms with Crippen molar-refractivity contribution in [3.05, 3.63) is 64.7 Å². The molecule has 2 aromatic rings. The van der Waals surface area contributed by atoms with E-state index in [9.17, 15) is 9.59 Å². The molecule has 1 aliphatic heterocycles. The van der Waals surface area contributed by atoms with Gasteiger partial charge in [-0.05, 0) is 54.8 Å². The van der Waals surface area contributed by atoms with Gasteiger partial charge >= 0.3 is 5.97 Å². The van der Waals surface area contributed by atoms with E-state index in [1.165, 1.54) is 11.8 Å². The first-order valence-electron chi connectivity index (χ1n) is 8.54. The van der Waals surface area contributed by atoms with Crippen LogP contribution in [0.25, 0.3) is 0 Å². The van der Waals surface area contributed by atoms with E-state index in [2.05, 4.69) is 0 Å². The van der Waals surface area contributed by atoms with Crippen LogP contribution in [0.4, 0.5) is 0 Å². The molecule has 3 rings (SSSR count). The molecule has 136 valence electrons. The number of carbonyl (C=O) groups excluding carboxylic acids is 2. The van der Waals surface area contributed by atoms with Crippen LogP contribution in [0, 0.1) is 0 Å². The Morgan fingerprint density at radius 3 is 2.31 bits per heavy atom. The predicted molar refractivity (Wildman–Crippen MR) is 104 cm³/mol. The van der Waals surface area contributed by atoms with Gasteiger partial charge in [0.2, 0.25) is 0 Å². The fourth-order valence-electron chi connectivity index (χ4n) is 2.72. The molecule has 1 amide bonds. The van der Waals surface area contributed by atoms with Crippen LogP contribution in [0.2, 0.25) is 5.02 Å². The van der Waals surface area contributed by atoms with E-state index < -0.39 is 0 Å². The molecule has 0 N–H and O–H groups in total. The minimum Gasteiger partial charge on any atom is -0.460 e. The van der Waals surface area contributed by atoms with Gasteiger partial charge in [0.1, 0.15) is 6.61 Å². The molecule has 0 saturated carbocycles. The second-order valence-electron chi connectivity index (χ2n) is 6.10. The molecule has 26 heavy (non-hydrogen) atoms. The first-order valence-corrected chi connectivity index (χ1v) is 9.90. The summed E-state index contributed by atoms with van der Waals surface area (Å²) in [7, 11) is 0. The zero-order valence-corrected chi connectivity index (χ0v) is 15.9. The summed E-state index contributed by atoms with van der Waals surface area (Å²) in [4.78, 5) is 27.0. The molecule has 2 aromatic carbocycles. The van der Waals surface area contributed by atoms with Crippen molar-refractivity contribution in [2.24, 2.45) is 0 Å². The summed E-state index contributed by atoms with van der Waals surface area (Å²) < 4.78 is 5.29. The molecule has 0 bridgehead atoms. The lowest BCUT2D eigenvalue weighted by Gasteiger charge is -2.15. The Balaban J connectivity index is 1.44. The molecule has 1 heterocycles. The number of rotatable bonds is 6. The second kappa shape index (κ2) is 9.10. The summed E-state index contributed by atoms with van der Waals surface area (Å²) in [6.45, 7) is 1.88. The average Bonchev–Trinajstić information content (AvgIpc) is 3.20. The second-order valence-corrected chi connectivity index (χ2v) is 7.58. The van der Waals surface area contributed by atoms with Crippen LogP contribution < -0.4 is 0 Å². The van der Waals surface area contributed by atoms with E-state index in [4.69, 9.17) is 16.3 Å². The summed E-state index contributed by atoms with van der Waals surface area (Å²) in [6.07, 6.45) is 2.15. The van der Waals surface area contributed by atoms with Crippen molar-refractivity contribution in [1.82, 2.24) is 4.90 Å². The van der Waals surface area contributed by atoms with Gasteiger partial charge in [0.25, 0.3) is 5.91 Å². The first kappa shape index (κ1) is 18.8. The maximum atomic E-state index is 12.3. The van der Waals surface area contributed by atoms with Crippen molar-refractivity contribution in [3.63, 3.8) is 0 Å². The molecule has 0 radical (unpaired) electrons. The molecule has 0 spiro atoms. The maximum Gasteiger partial charge on any atom is 0.316 e. The van der Waals surface area contributed by atoms with Crippen molar-refractivity contribution in [1.29, 1.82) is 0 Å². The minimum absolute atomic E-state index is 0.0745. The third-order valence-corrected chi connectivity index (χ3v) is 5.40. The molecule has 1 fully saturated rings. The number of likely N-dealkylation sites (tertiary alicyclic amines) is 1. The van der Waals surface area contributed by atoms with Crippen LogP contribution in [-0.2, 0) is 16.1 Å². The Labute approximate surface area is 162 Å². The minimum atomic E-state index is -0.276. The van der Waals surface area contributed by atoms with E-state index in [0.717, 1.165) is 36.4 Å². The highest BCUT2D eigenvalue weighted by molar-refractivity contribution is 8.00. The molecule has 6 heteroatoms. The van der Waals surface area contributed by atoms with Gasteiger partial charge in [0.15, 0.2) is 0 Å². The number of ether oxygens (including phenoxy) is 1. The van der Waals surface area contributed by atoms with Crippen LogP contribution in [0.15, 0.2) is 53.4 Å². The number of nitrogens with zero attached hydrogens (tertiary/aromatic N) is 1. The Kier molecular flexibility index (Phi) is 6.58. The smallest absolute Gasteiger partial charge is 0.316 e. The van der Waals surface area contributed by atoms with E-state index in [0.29, 0.717) is 10.6 Å². The average molecular weight is 390 g/mol. The fraction of sp³-hybridized carbons (Fsp3) is 0.300. The Hall–Kier alpha value is -1.98. The largest absolute Gasteiger partial charge is 0.460 e. The number of hydrogen-bond donors (Lipinski definition) is 0. The normalized spacial score (nSPS) is 13.7. The summed E-state index contributed by atoms with van der Waals surface area (Å²) in [6, 6.07) is 14.6. The Bertz CT molecular complexity index is 756. The lowest BCUT2D eigenvalue weighted by atomic mass is 10.1. The van der Waals surface area contributed by atoms with Gasteiger partial charge in [-0.25, -0.2) is 0 Å². The zero-order chi connectivity index (χ0) is 18.4. The number of amides is 1. The summed E-state index contributed by atoms with van der Waals surface area (Å²) >= 11 is 7.24. The number of esters is 1. The zero-order valence-electron chi connectivity index (χ0n) is 14.3. The van der Waals surface area contributed by atoms with E-state index in [1.54, 1.807) is 24.3 Å². The van der Waals surface area contributed by atoms with Crippen LogP contribution in [0.5, 0.6) is 0 Å². The van der Waals surface area contributed by atoms with Gasteiger partial charge in [-0.15, -0.1) is 11.8 Å². The quantitative estimate of drug-likeness (QED) is 0.542. The van der Waals surface area contributed by atoms with Crippen LogP contribution in [0.1, 0.15) is 28.8 Å². The fourth-order valence-corrected chi connectivity index (χ4v) is 3.55. The monoisotopic (exact) mass is 389 g/mol. The van der Waals surface area contributed by atoms with Crippen LogP contribution >= 0.6 is 23.4 Å². The van der Waals surface area contributed by atoms with E-state index >= 15 is 0 Å². The molecular weight excluding hydrogens is 370 g/mol. The highest BCUT2D eigenvalue weighted by Gasteiger charge is 2.19. The lowest BCUT2D eigenvalue weighted by Crippen LogP contribution is -2.27. The van der Waals surface area contributed by atoms with Crippen LogP contribution in [0.3, 0.4) is 0 Å². The van der Waals surface area contributed by atoms with Gasteiger partial charge < -0.3 is 9.64 Å². The topological polar surface area (TPSA) is 46.6 Å². The Morgan fingerprint density at radius 2 is 1.65 bits per heavy atom. The molecule has 4 nitrogen and oxygen atoms in total. The number of carbonyl (C=O) groups is 2. The number of thioether (sulfide) groups is 1. The van der Waals surface area contributed by atoms with Gasteiger partial charge in [0.05, 0.1) is 5.75 Å². The van der Waals surface area contributed by atoms with Gasteiger partial charge in [-0.3, -0.25) is 9.59 Å². The van der Waals surface area contributed by atoms with Gasteiger partial charge in [-0.2, -0.15) is 0 Å². The third-order valence-electron chi connectivity index (χ3n) is 4.16. The summed E-state index contributed by atoms with van der Waals surface area (Å²) in [5, 5.41) is 0.670. The number of benzene rings is 2. The molecule has 0 aromatic heterocycles. The molecule has 0 aliphatic carbocycles. The SMILES string of the molecule is O=C(CSc1ccc(Cl)cc1)OCc1ccc(C(=O)N2CCCC2)cc1. The first-order chi connectivity index (χ1) is 12.6. The maximum absolute atomic E-state index is 12.3. The molecule has 1 aliphatic rings. The van der Waals surface area contributed by atoms with Crippen molar-refractivity contribution in [2.45, 2.75) is 24.3 Å². The van der Waals surface area contributed by atoms with Crippen molar-refractivity contribution in [3.8, 4) is 0 Å². The van der Waals surface area contributed by atoms with Crippen LogP contribution in [-0.4, -0.2) is 35.6 Å². The summed E-state index contributed by atoms with van der Waals surface area (Å²) in [5.41, 5.74) is 1.55. The highest BCUT2D eigenvalue weighted by atomic mass is 35.5.